The van der Waals surface area contributed by atoms with E-state index in [4.69, 9.17) is 4.74 Å². The van der Waals surface area contributed by atoms with Crippen molar-refractivity contribution in [2.45, 2.75) is 25.6 Å². The fourth-order valence-electron chi connectivity index (χ4n) is 4.45. The first-order chi connectivity index (χ1) is 13.3. The van der Waals surface area contributed by atoms with Gasteiger partial charge in [0.15, 0.2) is 0 Å². The maximum atomic E-state index is 6.14. The average Bonchev–Trinajstić information content (AvgIpc) is 3.14. The number of ether oxygens (including phenoxy) is 1. The van der Waals surface area contributed by atoms with Crippen LogP contribution in [0.4, 0.5) is 5.82 Å². The molecule has 2 aromatic carbocycles. The first kappa shape index (κ1) is 16.7. The minimum Gasteiger partial charge on any atom is -0.373 e. The van der Waals surface area contributed by atoms with Crippen LogP contribution >= 0.6 is 0 Å². The second kappa shape index (κ2) is 6.91. The van der Waals surface area contributed by atoms with E-state index in [-0.39, 0.29) is 6.10 Å². The summed E-state index contributed by atoms with van der Waals surface area (Å²) in [6.07, 6.45) is 1.92. The Hall–Kier alpha value is -2.50. The lowest BCUT2D eigenvalue weighted by Gasteiger charge is -2.36. The number of benzene rings is 2. The van der Waals surface area contributed by atoms with Gasteiger partial charge in [-0.25, -0.2) is 9.97 Å². The average molecular weight is 360 g/mol. The summed E-state index contributed by atoms with van der Waals surface area (Å²) >= 11 is 0. The van der Waals surface area contributed by atoms with Gasteiger partial charge in [-0.2, -0.15) is 0 Å². The molecule has 0 N–H and O–H groups in total. The zero-order chi connectivity index (χ0) is 18.2. The summed E-state index contributed by atoms with van der Waals surface area (Å²) in [4.78, 5) is 14.1. The first-order valence-corrected chi connectivity index (χ1v) is 9.64. The normalized spacial score (nSPS) is 22.9. The van der Waals surface area contributed by atoms with Gasteiger partial charge in [-0.15, -0.1) is 0 Å². The molecule has 0 aliphatic carbocycles. The molecule has 27 heavy (non-hydrogen) atoms. The van der Waals surface area contributed by atoms with Crippen LogP contribution in [0.5, 0.6) is 0 Å². The second-order valence-corrected chi connectivity index (χ2v) is 7.50. The van der Waals surface area contributed by atoms with Gasteiger partial charge in [0.2, 0.25) is 0 Å². The number of morpholine rings is 1. The summed E-state index contributed by atoms with van der Waals surface area (Å²) in [5.74, 6) is 1.04. The molecule has 0 spiro atoms. The van der Waals surface area contributed by atoms with Crippen LogP contribution in [-0.2, 0) is 11.3 Å². The molecule has 3 aromatic rings. The third-order valence-corrected chi connectivity index (χ3v) is 5.80. The summed E-state index contributed by atoms with van der Waals surface area (Å²) in [5.41, 5.74) is 3.59. The molecule has 5 nitrogen and oxygen atoms in total. The van der Waals surface area contributed by atoms with Crippen LogP contribution in [-0.4, -0.2) is 53.3 Å². The number of fused-ring (bicyclic) bond motifs is 2. The van der Waals surface area contributed by atoms with Gasteiger partial charge in [-0.3, -0.25) is 4.90 Å². The van der Waals surface area contributed by atoms with Crippen molar-refractivity contribution in [3.05, 3.63) is 66.0 Å². The Morgan fingerprint density at radius 3 is 2.81 bits per heavy atom. The Morgan fingerprint density at radius 1 is 1.04 bits per heavy atom. The molecule has 5 heteroatoms. The Morgan fingerprint density at radius 2 is 1.93 bits per heavy atom. The Kier molecular flexibility index (Phi) is 4.26. The SMILES string of the molecule is Cc1cccc2ncnc(N3CC4OCCN(Cc5ccccc5)C4C3)c12. The predicted octanol–water partition coefficient (Wildman–Crippen LogP) is 3.03. The standard InChI is InChI=1S/C22H24N4O/c1-16-6-5-9-18-21(16)22(24-15-23-18)26-13-19-20(14-26)27-11-10-25(19)12-17-7-3-2-4-8-17/h2-9,15,19-20H,10-14H2,1H3. The van der Waals surface area contributed by atoms with E-state index >= 15 is 0 Å². The molecule has 2 atom stereocenters. The van der Waals surface area contributed by atoms with Gasteiger partial charge in [0.1, 0.15) is 12.1 Å². The highest BCUT2D eigenvalue weighted by Crippen LogP contribution is 2.32. The molecule has 138 valence electrons. The van der Waals surface area contributed by atoms with Crippen molar-refractivity contribution in [2.24, 2.45) is 0 Å². The van der Waals surface area contributed by atoms with E-state index in [9.17, 15) is 0 Å². The van der Waals surface area contributed by atoms with E-state index in [1.807, 2.05) is 0 Å². The van der Waals surface area contributed by atoms with Crippen LogP contribution in [0.3, 0.4) is 0 Å². The minimum atomic E-state index is 0.233. The topological polar surface area (TPSA) is 41.5 Å². The quantitative estimate of drug-likeness (QED) is 0.718. The van der Waals surface area contributed by atoms with Crippen LogP contribution in [0.15, 0.2) is 54.9 Å². The highest BCUT2D eigenvalue weighted by atomic mass is 16.5. The monoisotopic (exact) mass is 360 g/mol. The largest absolute Gasteiger partial charge is 0.373 e. The Labute approximate surface area is 159 Å². The van der Waals surface area contributed by atoms with E-state index in [0.717, 1.165) is 49.5 Å². The molecule has 2 aliphatic rings. The summed E-state index contributed by atoms with van der Waals surface area (Å²) in [6.45, 7) is 6.71. The van der Waals surface area contributed by atoms with Gasteiger partial charge in [-0.1, -0.05) is 42.5 Å². The lowest BCUT2D eigenvalue weighted by molar-refractivity contribution is -0.0499. The van der Waals surface area contributed by atoms with Gasteiger partial charge in [0, 0.05) is 31.6 Å². The van der Waals surface area contributed by atoms with E-state index in [0.29, 0.717) is 6.04 Å². The fraction of sp³-hybridized carbons (Fsp3) is 0.364. The second-order valence-electron chi connectivity index (χ2n) is 7.50. The number of nitrogens with zero attached hydrogens (tertiary/aromatic N) is 4. The lowest BCUT2D eigenvalue weighted by Crippen LogP contribution is -2.50. The lowest BCUT2D eigenvalue weighted by atomic mass is 10.1. The summed E-state index contributed by atoms with van der Waals surface area (Å²) in [5, 5.41) is 1.16. The van der Waals surface area contributed by atoms with Gasteiger partial charge in [0.25, 0.3) is 0 Å². The predicted molar refractivity (Wildman–Crippen MR) is 107 cm³/mol. The fourth-order valence-corrected chi connectivity index (χ4v) is 4.45. The molecule has 5 rings (SSSR count). The Balaban J connectivity index is 1.43. The minimum absolute atomic E-state index is 0.233. The van der Waals surface area contributed by atoms with Crippen molar-refractivity contribution in [3.63, 3.8) is 0 Å². The molecule has 0 bridgehead atoms. The molecule has 2 saturated heterocycles. The van der Waals surface area contributed by atoms with E-state index < -0.39 is 0 Å². The maximum Gasteiger partial charge on any atom is 0.140 e. The van der Waals surface area contributed by atoms with Crippen LogP contribution < -0.4 is 4.90 Å². The molecule has 2 aliphatic heterocycles. The van der Waals surface area contributed by atoms with Crippen molar-refractivity contribution in [1.82, 2.24) is 14.9 Å². The van der Waals surface area contributed by atoms with Crippen LogP contribution in [0.1, 0.15) is 11.1 Å². The molecular weight excluding hydrogens is 336 g/mol. The third kappa shape index (κ3) is 3.07. The van der Waals surface area contributed by atoms with Crippen molar-refractivity contribution in [3.8, 4) is 0 Å². The molecule has 2 unspecified atom stereocenters. The number of aryl methyl sites for hydroxylation is 1. The van der Waals surface area contributed by atoms with E-state index in [1.165, 1.54) is 11.1 Å². The maximum absolute atomic E-state index is 6.14. The number of rotatable bonds is 3. The first-order valence-electron chi connectivity index (χ1n) is 9.64. The number of anilines is 1. The van der Waals surface area contributed by atoms with E-state index in [2.05, 4.69) is 75.2 Å². The van der Waals surface area contributed by atoms with Gasteiger partial charge in [-0.05, 0) is 24.1 Å². The molecule has 1 aromatic heterocycles. The van der Waals surface area contributed by atoms with Crippen LogP contribution in [0, 0.1) is 6.92 Å². The van der Waals surface area contributed by atoms with Gasteiger partial charge >= 0.3 is 0 Å². The van der Waals surface area contributed by atoms with E-state index in [1.54, 1.807) is 6.33 Å². The van der Waals surface area contributed by atoms with Crippen molar-refractivity contribution in [2.75, 3.05) is 31.1 Å². The highest BCUT2D eigenvalue weighted by molar-refractivity contribution is 5.92. The third-order valence-electron chi connectivity index (χ3n) is 5.80. The molecule has 0 radical (unpaired) electrons. The van der Waals surface area contributed by atoms with Crippen molar-refractivity contribution < 1.29 is 4.74 Å². The zero-order valence-corrected chi connectivity index (χ0v) is 15.6. The van der Waals surface area contributed by atoms with Crippen molar-refractivity contribution in [1.29, 1.82) is 0 Å². The molecule has 0 amide bonds. The number of hydrogen-bond donors (Lipinski definition) is 0. The molecular formula is C22H24N4O. The summed E-state index contributed by atoms with van der Waals surface area (Å²) in [7, 11) is 0. The molecule has 2 fully saturated rings. The van der Waals surface area contributed by atoms with Crippen LogP contribution in [0.2, 0.25) is 0 Å². The smallest absolute Gasteiger partial charge is 0.140 e. The molecule has 3 heterocycles. The van der Waals surface area contributed by atoms with Crippen molar-refractivity contribution >= 4 is 16.7 Å². The zero-order valence-electron chi connectivity index (χ0n) is 15.6. The van der Waals surface area contributed by atoms with Gasteiger partial charge in [0.05, 0.1) is 24.3 Å². The summed E-state index contributed by atoms with van der Waals surface area (Å²) < 4.78 is 6.14. The Bertz CT molecular complexity index is 940. The number of hydrogen-bond acceptors (Lipinski definition) is 5. The summed E-state index contributed by atoms with van der Waals surface area (Å²) in [6, 6.07) is 17.4. The highest BCUT2D eigenvalue weighted by Gasteiger charge is 2.41. The molecule has 0 saturated carbocycles. The van der Waals surface area contributed by atoms with Gasteiger partial charge < -0.3 is 9.64 Å². The van der Waals surface area contributed by atoms with Crippen LogP contribution in [0.25, 0.3) is 10.9 Å². The number of aromatic nitrogens is 2.